The van der Waals surface area contributed by atoms with Gasteiger partial charge in [0.1, 0.15) is 18.6 Å². The Morgan fingerprint density at radius 1 is 1.03 bits per heavy atom. The van der Waals surface area contributed by atoms with E-state index >= 15 is 0 Å². The molecule has 0 fully saturated rings. The van der Waals surface area contributed by atoms with Crippen molar-refractivity contribution in [3.8, 4) is 17.1 Å². The molecule has 3 N–H and O–H groups in total. The SMILES string of the molecule is NC(=O)C1(C(Cc2ccccc2)NC(=O)c2cccnc2-n2ccc(-c3cccc(Cl)c3)n2)OC=CO1. The summed E-state index contributed by atoms with van der Waals surface area (Å²) in [5, 5.41) is 8.04. The van der Waals surface area contributed by atoms with Crippen molar-refractivity contribution < 1.29 is 19.1 Å². The normalized spacial score (nSPS) is 14.4. The van der Waals surface area contributed by atoms with Gasteiger partial charge in [0.25, 0.3) is 5.91 Å². The van der Waals surface area contributed by atoms with E-state index in [-0.39, 0.29) is 12.0 Å². The Morgan fingerprint density at radius 3 is 2.54 bits per heavy atom. The van der Waals surface area contributed by atoms with Gasteiger partial charge in [0.15, 0.2) is 5.82 Å². The molecule has 0 aliphatic carbocycles. The van der Waals surface area contributed by atoms with E-state index in [0.29, 0.717) is 16.5 Å². The molecule has 5 rings (SSSR count). The van der Waals surface area contributed by atoms with Crippen LogP contribution in [0.3, 0.4) is 0 Å². The average Bonchev–Trinajstić information content (AvgIpc) is 3.60. The zero-order chi connectivity index (χ0) is 25.8. The molecule has 9 nitrogen and oxygen atoms in total. The number of hydrogen-bond acceptors (Lipinski definition) is 6. The number of pyridine rings is 1. The molecule has 3 heterocycles. The fourth-order valence-electron chi connectivity index (χ4n) is 4.10. The smallest absolute Gasteiger partial charge is 0.352 e. The number of halogens is 1. The maximum atomic E-state index is 13.6. The van der Waals surface area contributed by atoms with Crippen LogP contribution in [0.1, 0.15) is 15.9 Å². The van der Waals surface area contributed by atoms with Crippen LogP contribution in [0.25, 0.3) is 17.1 Å². The lowest BCUT2D eigenvalue weighted by Gasteiger charge is -2.33. The summed E-state index contributed by atoms with van der Waals surface area (Å²) >= 11 is 6.12. The first-order valence-corrected chi connectivity index (χ1v) is 11.8. The van der Waals surface area contributed by atoms with Gasteiger partial charge >= 0.3 is 11.7 Å². The summed E-state index contributed by atoms with van der Waals surface area (Å²) in [6, 6.07) is 20.7. The van der Waals surface area contributed by atoms with Crippen LogP contribution >= 0.6 is 11.6 Å². The molecule has 0 spiro atoms. The van der Waals surface area contributed by atoms with E-state index in [9.17, 15) is 9.59 Å². The van der Waals surface area contributed by atoms with Crippen molar-refractivity contribution in [3.05, 3.63) is 114 Å². The van der Waals surface area contributed by atoms with Gasteiger partial charge in [-0.2, -0.15) is 5.10 Å². The maximum absolute atomic E-state index is 13.6. The molecule has 2 amide bonds. The van der Waals surface area contributed by atoms with Crippen molar-refractivity contribution in [2.24, 2.45) is 5.73 Å². The molecule has 0 radical (unpaired) electrons. The molecule has 0 saturated heterocycles. The molecule has 2 aromatic heterocycles. The van der Waals surface area contributed by atoms with E-state index in [2.05, 4.69) is 15.4 Å². The third-order valence-electron chi connectivity index (χ3n) is 5.89. The summed E-state index contributed by atoms with van der Waals surface area (Å²) in [6.07, 6.45) is 5.94. The van der Waals surface area contributed by atoms with Crippen molar-refractivity contribution in [1.82, 2.24) is 20.1 Å². The van der Waals surface area contributed by atoms with Crippen LogP contribution in [-0.2, 0) is 20.7 Å². The predicted molar refractivity (Wildman–Crippen MR) is 136 cm³/mol. The molecule has 1 unspecified atom stereocenters. The van der Waals surface area contributed by atoms with Gasteiger partial charge in [-0.05, 0) is 35.9 Å². The molecular weight excluding hydrogens is 494 g/mol. The van der Waals surface area contributed by atoms with Crippen LogP contribution < -0.4 is 11.1 Å². The first kappa shape index (κ1) is 24.1. The second-order valence-electron chi connectivity index (χ2n) is 8.29. The first-order chi connectivity index (χ1) is 18.0. The second kappa shape index (κ2) is 10.2. The highest BCUT2D eigenvalue weighted by molar-refractivity contribution is 6.30. The van der Waals surface area contributed by atoms with Gasteiger partial charge in [0.2, 0.25) is 0 Å². The lowest BCUT2D eigenvalue weighted by atomic mass is 9.97. The molecule has 2 aromatic carbocycles. The number of aromatic nitrogens is 3. The largest absolute Gasteiger partial charge is 0.447 e. The van der Waals surface area contributed by atoms with Crippen molar-refractivity contribution in [2.45, 2.75) is 18.2 Å². The van der Waals surface area contributed by atoms with Crippen LogP contribution in [0, 0.1) is 0 Å². The Balaban J connectivity index is 1.46. The quantitative estimate of drug-likeness (QED) is 0.369. The van der Waals surface area contributed by atoms with E-state index in [1.165, 1.54) is 17.2 Å². The lowest BCUT2D eigenvalue weighted by molar-refractivity contribution is -0.182. The van der Waals surface area contributed by atoms with E-state index < -0.39 is 23.6 Å². The van der Waals surface area contributed by atoms with Crippen molar-refractivity contribution >= 4 is 23.4 Å². The van der Waals surface area contributed by atoms with Gasteiger partial charge < -0.3 is 20.5 Å². The molecule has 0 saturated carbocycles. The van der Waals surface area contributed by atoms with Crippen LogP contribution in [0.4, 0.5) is 0 Å². The van der Waals surface area contributed by atoms with Gasteiger partial charge in [-0.15, -0.1) is 0 Å². The molecule has 4 aromatic rings. The molecule has 1 aliphatic rings. The van der Waals surface area contributed by atoms with Gasteiger partial charge in [-0.3, -0.25) is 9.59 Å². The third kappa shape index (κ3) is 4.89. The van der Waals surface area contributed by atoms with E-state index in [1.54, 1.807) is 42.7 Å². The number of carbonyl (C=O) groups is 2. The summed E-state index contributed by atoms with van der Waals surface area (Å²) < 4.78 is 12.5. The van der Waals surface area contributed by atoms with Gasteiger partial charge in [0.05, 0.1) is 11.3 Å². The number of nitrogens with zero attached hydrogens (tertiary/aromatic N) is 3. The van der Waals surface area contributed by atoms with E-state index in [0.717, 1.165) is 11.1 Å². The van der Waals surface area contributed by atoms with Gasteiger partial charge in [-0.25, -0.2) is 9.67 Å². The summed E-state index contributed by atoms with van der Waals surface area (Å²) in [7, 11) is 0. The number of amides is 2. The number of primary amides is 1. The number of nitrogens with one attached hydrogen (secondary N) is 1. The number of carbonyl (C=O) groups excluding carboxylic acids is 2. The minimum atomic E-state index is -1.90. The lowest BCUT2D eigenvalue weighted by Crippen LogP contribution is -2.61. The van der Waals surface area contributed by atoms with Crippen LogP contribution in [0.5, 0.6) is 0 Å². The molecule has 37 heavy (non-hydrogen) atoms. The fraction of sp³-hybridized carbons (Fsp3) is 0.111. The summed E-state index contributed by atoms with van der Waals surface area (Å²) in [5.74, 6) is -2.99. The number of benzene rings is 2. The fourth-order valence-corrected chi connectivity index (χ4v) is 4.29. The minimum Gasteiger partial charge on any atom is -0.447 e. The molecule has 1 aliphatic heterocycles. The molecule has 10 heteroatoms. The Bertz CT molecular complexity index is 1460. The van der Waals surface area contributed by atoms with Gasteiger partial charge in [0, 0.05) is 29.4 Å². The summed E-state index contributed by atoms with van der Waals surface area (Å²) in [6.45, 7) is 0. The Labute approximate surface area is 217 Å². The molecule has 1 atom stereocenters. The third-order valence-corrected chi connectivity index (χ3v) is 6.12. The van der Waals surface area contributed by atoms with Crippen molar-refractivity contribution in [1.29, 1.82) is 0 Å². The van der Waals surface area contributed by atoms with E-state index in [1.807, 2.05) is 42.5 Å². The highest BCUT2D eigenvalue weighted by Crippen LogP contribution is 2.28. The molecular formula is C27H22ClN5O4. The second-order valence-corrected chi connectivity index (χ2v) is 8.72. The summed E-state index contributed by atoms with van der Waals surface area (Å²) in [5.41, 5.74) is 8.23. The monoisotopic (exact) mass is 515 g/mol. The van der Waals surface area contributed by atoms with Crippen LogP contribution in [0.2, 0.25) is 5.02 Å². The number of rotatable bonds is 8. The highest BCUT2D eigenvalue weighted by atomic mass is 35.5. The Morgan fingerprint density at radius 2 is 1.81 bits per heavy atom. The highest BCUT2D eigenvalue weighted by Gasteiger charge is 2.51. The predicted octanol–water partition coefficient (Wildman–Crippen LogP) is 3.63. The molecule has 0 bridgehead atoms. The topological polar surface area (TPSA) is 121 Å². The maximum Gasteiger partial charge on any atom is 0.352 e. The Kier molecular flexibility index (Phi) is 6.61. The minimum absolute atomic E-state index is 0.216. The standard InChI is InChI=1S/C27H22ClN5O4/c28-20-9-4-8-19(17-20)22-11-13-33(32-22)24-21(10-5-12-30-24)25(34)31-23(16-18-6-2-1-3-7-18)27(26(29)35)36-14-15-37-27/h1-15,17,23H,16H2,(H2,29,35)(H,31,34). The van der Waals surface area contributed by atoms with Crippen molar-refractivity contribution in [2.75, 3.05) is 0 Å². The zero-order valence-electron chi connectivity index (χ0n) is 19.5. The number of nitrogens with two attached hydrogens (primary N) is 1. The van der Waals surface area contributed by atoms with Crippen LogP contribution in [-0.4, -0.2) is 38.4 Å². The number of hydrogen-bond donors (Lipinski definition) is 2. The van der Waals surface area contributed by atoms with Crippen molar-refractivity contribution in [3.63, 3.8) is 0 Å². The first-order valence-electron chi connectivity index (χ1n) is 11.4. The van der Waals surface area contributed by atoms with E-state index in [4.69, 9.17) is 26.8 Å². The average molecular weight is 516 g/mol. The zero-order valence-corrected chi connectivity index (χ0v) is 20.2. The number of ether oxygens (including phenoxy) is 2. The van der Waals surface area contributed by atoms with Gasteiger partial charge in [-0.1, -0.05) is 54.1 Å². The van der Waals surface area contributed by atoms with Crippen LogP contribution in [0.15, 0.2) is 97.7 Å². The molecule has 186 valence electrons. The summed E-state index contributed by atoms with van der Waals surface area (Å²) in [4.78, 5) is 30.4. The Hall–Kier alpha value is -4.63.